The highest BCUT2D eigenvalue weighted by molar-refractivity contribution is 7.16. The van der Waals surface area contributed by atoms with Gasteiger partial charge in [-0.05, 0) is 38.0 Å². The zero-order valence-corrected chi connectivity index (χ0v) is 14.7. The molecule has 3 rings (SSSR count). The molecule has 7 heteroatoms. The molecular formula is C17H20N2O4S. The van der Waals surface area contributed by atoms with Gasteiger partial charge < -0.3 is 14.2 Å². The number of carbonyl (C=O) groups excluding carboxylic acids is 1. The molecule has 2 heterocycles. The second-order valence-electron chi connectivity index (χ2n) is 5.48. The van der Waals surface area contributed by atoms with E-state index in [4.69, 9.17) is 14.2 Å². The number of hydrogen-bond donors (Lipinski definition) is 1. The Morgan fingerprint density at radius 3 is 2.79 bits per heavy atom. The summed E-state index contributed by atoms with van der Waals surface area (Å²) in [5, 5.41) is 3.43. The minimum atomic E-state index is -0.362. The molecule has 0 spiro atoms. The van der Waals surface area contributed by atoms with E-state index in [0.29, 0.717) is 23.2 Å². The van der Waals surface area contributed by atoms with Crippen LogP contribution in [0, 0.1) is 6.92 Å². The van der Waals surface area contributed by atoms with Gasteiger partial charge in [0.1, 0.15) is 6.10 Å². The Kier molecular flexibility index (Phi) is 5.01. The molecule has 1 atom stereocenters. The van der Waals surface area contributed by atoms with Crippen molar-refractivity contribution < 1.29 is 19.0 Å². The van der Waals surface area contributed by atoms with Gasteiger partial charge in [-0.1, -0.05) is 0 Å². The van der Waals surface area contributed by atoms with Gasteiger partial charge in [0, 0.05) is 17.0 Å². The maximum atomic E-state index is 12.1. The summed E-state index contributed by atoms with van der Waals surface area (Å²) in [4.78, 5) is 17.7. The summed E-state index contributed by atoms with van der Waals surface area (Å²) in [6.45, 7) is 2.62. The highest BCUT2D eigenvalue weighted by atomic mass is 32.1. The monoisotopic (exact) mass is 348 g/mol. The van der Waals surface area contributed by atoms with Crippen molar-refractivity contribution >= 4 is 22.4 Å². The van der Waals surface area contributed by atoms with Gasteiger partial charge in [0.15, 0.2) is 16.6 Å². The number of nitrogens with zero attached hydrogens (tertiary/aromatic N) is 1. The average molecular weight is 348 g/mol. The molecule has 1 aromatic heterocycles. The smallest absolute Gasteiger partial charge is 0.255 e. The van der Waals surface area contributed by atoms with Crippen molar-refractivity contribution in [1.82, 2.24) is 4.98 Å². The summed E-state index contributed by atoms with van der Waals surface area (Å²) in [6.07, 6.45) is 1.32. The fraction of sp³-hybridized carbons (Fsp3) is 0.412. The Balaban J connectivity index is 1.82. The van der Waals surface area contributed by atoms with Crippen LogP contribution >= 0.6 is 11.3 Å². The molecule has 1 aliphatic heterocycles. The molecule has 1 fully saturated rings. The topological polar surface area (TPSA) is 69.7 Å². The molecular weight excluding hydrogens is 328 g/mol. The summed E-state index contributed by atoms with van der Waals surface area (Å²) in [7, 11) is 3.20. The van der Waals surface area contributed by atoms with Gasteiger partial charge in [-0.15, -0.1) is 11.3 Å². The van der Waals surface area contributed by atoms with Crippen LogP contribution in [0.15, 0.2) is 18.2 Å². The number of methoxy groups -OCH3 is 2. The van der Waals surface area contributed by atoms with Crippen LogP contribution in [0.3, 0.4) is 0 Å². The molecule has 6 nitrogen and oxygen atoms in total. The molecule has 1 aromatic carbocycles. The van der Waals surface area contributed by atoms with Crippen molar-refractivity contribution in [1.29, 1.82) is 0 Å². The molecule has 0 bridgehead atoms. The zero-order chi connectivity index (χ0) is 17.1. The predicted molar refractivity (Wildman–Crippen MR) is 93.0 cm³/mol. The first-order valence-corrected chi connectivity index (χ1v) is 8.56. The van der Waals surface area contributed by atoms with Crippen LogP contribution in [0.5, 0.6) is 11.5 Å². The molecule has 128 valence electrons. The molecule has 2 aromatic rings. The summed E-state index contributed by atoms with van der Waals surface area (Å²) in [5.41, 5.74) is 1.74. The Morgan fingerprint density at radius 1 is 1.33 bits per heavy atom. The number of hydrogen-bond acceptors (Lipinski definition) is 6. The number of rotatable bonds is 5. The van der Waals surface area contributed by atoms with Crippen LogP contribution in [0.1, 0.15) is 17.7 Å². The van der Waals surface area contributed by atoms with Gasteiger partial charge in [0.05, 0.1) is 19.9 Å². The number of thiazole rings is 1. The zero-order valence-electron chi connectivity index (χ0n) is 13.9. The largest absolute Gasteiger partial charge is 0.493 e. The Morgan fingerprint density at radius 2 is 2.12 bits per heavy atom. The van der Waals surface area contributed by atoms with E-state index < -0.39 is 0 Å². The summed E-state index contributed by atoms with van der Waals surface area (Å²) in [5.74, 6) is 1.19. The third-order valence-electron chi connectivity index (χ3n) is 3.91. The Labute approximate surface area is 144 Å². The van der Waals surface area contributed by atoms with Crippen LogP contribution in [0.2, 0.25) is 0 Å². The lowest BCUT2D eigenvalue weighted by Gasteiger charge is -2.09. The number of ether oxygens (including phenoxy) is 3. The third kappa shape index (κ3) is 3.37. The number of benzene rings is 1. The summed E-state index contributed by atoms with van der Waals surface area (Å²) < 4.78 is 16.0. The lowest BCUT2D eigenvalue weighted by atomic mass is 10.1. The van der Waals surface area contributed by atoms with Crippen LogP contribution in [0.4, 0.5) is 5.13 Å². The van der Waals surface area contributed by atoms with E-state index in [1.165, 1.54) is 11.3 Å². The van der Waals surface area contributed by atoms with E-state index >= 15 is 0 Å². The fourth-order valence-electron chi connectivity index (χ4n) is 2.67. The van der Waals surface area contributed by atoms with Gasteiger partial charge in [-0.2, -0.15) is 0 Å². The van der Waals surface area contributed by atoms with Gasteiger partial charge in [-0.3, -0.25) is 10.1 Å². The van der Waals surface area contributed by atoms with Crippen molar-refractivity contribution in [2.45, 2.75) is 25.9 Å². The van der Waals surface area contributed by atoms with Gasteiger partial charge >= 0.3 is 0 Å². The van der Waals surface area contributed by atoms with Crippen molar-refractivity contribution in [2.24, 2.45) is 0 Å². The highest BCUT2D eigenvalue weighted by Gasteiger charge is 2.24. The van der Waals surface area contributed by atoms with Crippen molar-refractivity contribution in [3.63, 3.8) is 0 Å². The van der Waals surface area contributed by atoms with E-state index in [1.807, 2.05) is 25.1 Å². The molecule has 0 aliphatic carbocycles. The lowest BCUT2D eigenvalue weighted by Crippen LogP contribution is -2.26. The normalized spacial score (nSPS) is 16.9. The number of amides is 1. The molecule has 1 amide bonds. The maximum Gasteiger partial charge on any atom is 0.255 e. The summed E-state index contributed by atoms with van der Waals surface area (Å²) >= 11 is 1.45. The van der Waals surface area contributed by atoms with E-state index in [-0.39, 0.29) is 12.0 Å². The minimum absolute atomic E-state index is 0.125. The van der Waals surface area contributed by atoms with Crippen LogP contribution in [0.25, 0.3) is 11.3 Å². The lowest BCUT2D eigenvalue weighted by molar-refractivity contribution is -0.124. The molecule has 1 saturated heterocycles. The van der Waals surface area contributed by atoms with Crippen LogP contribution in [-0.2, 0) is 9.53 Å². The Hall–Kier alpha value is -2.12. The molecule has 0 saturated carbocycles. The first kappa shape index (κ1) is 16.7. The second-order valence-corrected chi connectivity index (χ2v) is 6.69. The quantitative estimate of drug-likeness (QED) is 0.898. The third-order valence-corrected chi connectivity index (χ3v) is 4.79. The SMILES string of the molecule is COc1ccc(-c2nc(NC(=O)[C@H]3CCCO3)sc2C)cc1OC. The van der Waals surface area contributed by atoms with E-state index in [1.54, 1.807) is 14.2 Å². The first-order chi connectivity index (χ1) is 11.6. The average Bonchev–Trinajstić information content (AvgIpc) is 3.24. The standard InChI is InChI=1S/C17H20N2O4S/c1-10-15(11-6-7-12(21-2)14(9-11)22-3)18-17(24-10)19-16(20)13-5-4-8-23-13/h6-7,9,13H,4-5,8H2,1-3H3,(H,18,19,20)/t13-/m1/s1. The van der Waals surface area contributed by atoms with Gasteiger partial charge in [0.25, 0.3) is 5.91 Å². The first-order valence-electron chi connectivity index (χ1n) is 7.74. The van der Waals surface area contributed by atoms with Crippen LogP contribution < -0.4 is 14.8 Å². The van der Waals surface area contributed by atoms with Crippen molar-refractivity contribution in [2.75, 3.05) is 26.1 Å². The van der Waals surface area contributed by atoms with E-state index in [0.717, 1.165) is 29.0 Å². The molecule has 0 unspecified atom stereocenters. The van der Waals surface area contributed by atoms with E-state index in [9.17, 15) is 4.79 Å². The molecule has 0 radical (unpaired) electrons. The van der Waals surface area contributed by atoms with Crippen LogP contribution in [-0.4, -0.2) is 37.8 Å². The van der Waals surface area contributed by atoms with Crippen molar-refractivity contribution in [3.05, 3.63) is 23.1 Å². The van der Waals surface area contributed by atoms with Gasteiger partial charge in [-0.25, -0.2) is 4.98 Å². The maximum absolute atomic E-state index is 12.1. The fourth-order valence-corrected chi connectivity index (χ4v) is 3.51. The molecule has 1 aliphatic rings. The van der Waals surface area contributed by atoms with Crippen molar-refractivity contribution in [3.8, 4) is 22.8 Å². The van der Waals surface area contributed by atoms with Gasteiger partial charge in [0.2, 0.25) is 0 Å². The minimum Gasteiger partial charge on any atom is -0.493 e. The molecule has 1 N–H and O–H groups in total. The number of anilines is 1. The van der Waals surface area contributed by atoms with E-state index in [2.05, 4.69) is 10.3 Å². The number of aryl methyl sites for hydroxylation is 1. The number of aromatic nitrogens is 1. The second kappa shape index (κ2) is 7.19. The number of carbonyl (C=O) groups is 1. The Bertz CT molecular complexity index is 738. The highest BCUT2D eigenvalue weighted by Crippen LogP contribution is 2.36. The molecule has 24 heavy (non-hydrogen) atoms. The summed E-state index contributed by atoms with van der Waals surface area (Å²) in [6, 6.07) is 5.65. The number of nitrogens with one attached hydrogen (secondary N) is 1. The predicted octanol–water partition coefficient (Wildman–Crippen LogP) is 3.25.